The van der Waals surface area contributed by atoms with Gasteiger partial charge in [-0.05, 0) is 12.1 Å². The number of thiocarbonyl (C=S) groups is 1. The van der Waals surface area contributed by atoms with Crippen LogP contribution in [0.3, 0.4) is 0 Å². The number of nitrogens with two attached hydrogens (primary N) is 1. The maximum absolute atomic E-state index is 5.60. The third-order valence-electron chi connectivity index (χ3n) is 2.18. The summed E-state index contributed by atoms with van der Waals surface area (Å²) in [6.45, 7) is 0.787. The van der Waals surface area contributed by atoms with Crippen LogP contribution in [0.15, 0.2) is 29.9 Å². The van der Waals surface area contributed by atoms with E-state index in [-0.39, 0.29) is 0 Å². The summed E-state index contributed by atoms with van der Waals surface area (Å²) in [4.78, 5) is 8.68. The van der Waals surface area contributed by atoms with Gasteiger partial charge in [0.05, 0.1) is 10.7 Å². The Labute approximate surface area is 109 Å². The first kappa shape index (κ1) is 11.9. The highest BCUT2D eigenvalue weighted by atomic mass is 32.1. The van der Waals surface area contributed by atoms with Crippen LogP contribution < -0.4 is 11.1 Å². The summed E-state index contributed by atoms with van der Waals surface area (Å²) < 4.78 is 0. The fourth-order valence-corrected chi connectivity index (χ4v) is 2.21. The highest BCUT2D eigenvalue weighted by molar-refractivity contribution is 7.80. The molecule has 3 N–H and O–H groups in total. The van der Waals surface area contributed by atoms with E-state index in [0.29, 0.717) is 10.7 Å². The topological polar surface area (TPSA) is 63.8 Å². The van der Waals surface area contributed by atoms with Crippen LogP contribution in [0.2, 0.25) is 0 Å². The van der Waals surface area contributed by atoms with Crippen LogP contribution in [0.4, 0.5) is 5.69 Å². The average molecular weight is 264 g/mol. The zero-order valence-electron chi connectivity index (χ0n) is 9.09. The Kier molecular flexibility index (Phi) is 4.00. The van der Waals surface area contributed by atoms with E-state index in [9.17, 15) is 0 Å². The predicted octanol–water partition coefficient (Wildman–Crippen LogP) is 1.83. The maximum Gasteiger partial charge on any atom is 0.124 e. The van der Waals surface area contributed by atoms with Gasteiger partial charge in [0.2, 0.25) is 0 Å². The van der Waals surface area contributed by atoms with Crippen molar-refractivity contribution in [2.45, 2.75) is 6.42 Å². The van der Waals surface area contributed by atoms with Crippen molar-refractivity contribution in [3.05, 3.63) is 40.6 Å². The lowest BCUT2D eigenvalue weighted by atomic mass is 10.3. The third kappa shape index (κ3) is 3.21. The summed E-state index contributed by atoms with van der Waals surface area (Å²) in [5, 5.41) is 6.35. The highest BCUT2D eigenvalue weighted by Gasteiger charge is 2.05. The second kappa shape index (κ2) is 5.70. The summed E-state index contributed by atoms with van der Waals surface area (Å²) in [7, 11) is 0. The maximum atomic E-state index is 5.60. The first-order valence-electron chi connectivity index (χ1n) is 5.14. The molecule has 0 aliphatic rings. The molecule has 17 heavy (non-hydrogen) atoms. The van der Waals surface area contributed by atoms with E-state index < -0.39 is 0 Å². The average Bonchev–Trinajstić information content (AvgIpc) is 2.82. The van der Waals surface area contributed by atoms with E-state index in [1.807, 2.05) is 23.7 Å². The van der Waals surface area contributed by atoms with Crippen LogP contribution in [-0.4, -0.2) is 21.5 Å². The van der Waals surface area contributed by atoms with Gasteiger partial charge in [-0.2, -0.15) is 0 Å². The molecule has 2 heterocycles. The zero-order chi connectivity index (χ0) is 12.1. The lowest BCUT2D eigenvalue weighted by molar-refractivity contribution is 0.995. The van der Waals surface area contributed by atoms with Crippen molar-refractivity contribution >= 4 is 34.2 Å². The van der Waals surface area contributed by atoms with Crippen molar-refractivity contribution in [3.63, 3.8) is 0 Å². The van der Waals surface area contributed by atoms with E-state index in [0.717, 1.165) is 23.7 Å². The Morgan fingerprint density at radius 1 is 1.41 bits per heavy atom. The van der Waals surface area contributed by atoms with Crippen LogP contribution in [0.25, 0.3) is 0 Å². The number of aromatic nitrogens is 2. The smallest absolute Gasteiger partial charge is 0.124 e. The molecule has 2 aromatic heterocycles. The molecule has 0 fully saturated rings. The normalized spacial score (nSPS) is 10.1. The van der Waals surface area contributed by atoms with E-state index in [1.165, 1.54) is 0 Å². The molecule has 88 valence electrons. The van der Waals surface area contributed by atoms with Gasteiger partial charge < -0.3 is 11.1 Å². The van der Waals surface area contributed by atoms with Crippen LogP contribution in [0.1, 0.15) is 10.7 Å². The van der Waals surface area contributed by atoms with Gasteiger partial charge >= 0.3 is 0 Å². The Hall–Kier alpha value is -1.53. The molecule has 0 spiro atoms. The van der Waals surface area contributed by atoms with E-state index in [1.54, 1.807) is 17.5 Å². The highest BCUT2D eigenvalue weighted by Crippen LogP contribution is 2.12. The number of nitrogens with zero attached hydrogens (tertiary/aromatic N) is 2. The number of hydrogen-bond donors (Lipinski definition) is 2. The number of anilines is 1. The van der Waals surface area contributed by atoms with Crippen LogP contribution in [0.5, 0.6) is 0 Å². The molecule has 2 rings (SSSR count). The monoisotopic (exact) mass is 264 g/mol. The fourth-order valence-electron chi connectivity index (χ4n) is 1.42. The minimum atomic E-state index is 0.308. The fraction of sp³-hybridized carbons (Fsp3) is 0.182. The van der Waals surface area contributed by atoms with E-state index >= 15 is 0 Å². The van der Waals surface area contributed by atoms with Gasteiger partial charge in [-0.1, -0.05) is 12.2 Å². The first-order valence-corrected chi connectivity index (χ1v) is 6.43. The van der Waals surface area contributed by atoms with Crippen molar-refractivity contribution in [1.29, 1.82) is 0 Å². The van der Waals surface area contributed by atoms with Crippen LogP contribution >= 0.6 is 23.6 Å². The van der Waals surface area contributed by atoms with Gasteiger partial charge in [-0.25, -0.2) is 4.98 Å². The quantitative estimate of drug-likeness (QED) is 0.807. The van der Waals surface area contributed by atoms with E-state index in [2.05, 4.69) is 15.3 Å². The molecule has 0 aliphatic heterocycles. The van der Waals surface area contributed by atoms with Crippen LogP contribution in [0, 0.1) is 0 Å². The van der Waals surface area contributed by atoms with Gasteiger partial charge in [0.15, 0.2) is 0 Å². The lowest BCUT2D eigenvalue weighted by Gasteiger charge is -2.08. The summed E-state index contributed by atoms with van der Waals surface area (Å²) in [6.07, 6.45) is 4.37. The van der Waals surface area contributed by atoms with Gasteiger partial charge in [-0.15, -0.1) is 11.3 Å². The van der Waals surface area contributed by atoms with Gasteiger partial charge in [0.1, 0.15) is 10.7 Å². The summed E-state index contributed by atoms with van der Waals surface area (Å²) in [5.74, 6) is 0. The molecule has 0 unspecified atom stereocenters. The number of nitrogens with one attached hydrogen (secondary N) is 1. The van der Waals surface area contributed by atoms with E-state index in [4.69, 9.17) is 18.0 Å². The predicted molar refractivity (Wildman–Crippen MR) is 74.4 cm³/mol. The van der Waals surface area contributed by atoms with Crippen molar-refractivity contribution < 1.29 is 0 Å². The molecule has 6 heteroatoms. The van der Waals surface area contributed by atoms with Crippen molar-refractivity contribution in [2.75, 3.05) is 11.9 Å². The second-order valence-electron chi connectivity index (χ2n) is 3.37. The summed E-state index contributed by atoms with van der Waals surface area (Å²) in [6, 6.07) is 3.77. The minimum absolute atomic E-state index is 0.308. The molecule has 0 saturated carbocycles. The molecule has 0 aromatic carbocycles. The zero-order valence-corrected chi connectivity index (χ0v) is 10.7. The Balaban J connectivity index is 1.97. The standard InChI is InChI=1S/C11H12N4S2/c12-11(16)10-8(2-1-4-15-10)13-5-3-9-14-6-7-17-9/h1-2,4,6-7,13H,3,5H2,(H2,12,16). The molecule has 0 atom stereocenters. The van der Waals surface area contributed by atoms with Gasteiger partial charge in [0.25, 0.3) is 0 Å². The molecule has 2 aromatic rings. The van der Waals surface area contributed by atoms with Gasteiger partial charge in [-0.3, -0.25) is 4.98 Å². The SMILES string of the molecule is NC(=S)c1ncccc1NCCc1nccs1. The molecular formula is C11H12N4S2. The third-order valence-corrected chi connectivity index (χ3v) is 3.21. The molecule has 0 saturated heterocycles. The number of thiazole rings is 1. The first-order chi connectivity index (χ1) is 8.27. The summed E-state index contributed by atoms with van der Waals surface area (Å²) >= 11 is 6.60. The Morgan fingerprint density at radius 2 is 2.29 bits per heavy atom. The molecule has 4 nitrogen and oxygen atoms in total. The summed E-state index contributed by atoms with van der Waals surface area (Å²) in [5.41, 5.74) is 7.11. The second-order valence-corrected chi connectivity index (χ2v) is 4.79. The number of hydrogen-bond acceptors (Lipinski definition) is 5. The molecule has 0 bridgehead atoms. The van der Waals surface area contributed by atoms with Gasteiger partial charge in [0, 0.05) is 30.7 Å². The number of rotatable bonds is 5. The Bertz CT molecular complexity index is 496. The van der Waals surface area contributed by atoms with Crippen molar-refractivity contribution in [3.8, 4) is 0 Å². The van der Waals surface area contributed by atoms with Crippen molar-refractivity contribution in [1.82, 2.24) is 9.97 Å². The molecule has 0 aliphatic carbocycles. The van der Waals surface area contributed by atoms with Crippen molar-refractivity contribution in [2.24, 2.45) is 5.73 Å². The number of pyridine rings is 1. The minimum Gasteiger partial charge on any atom is -0.388 e. The van der Waals surface area contributed by atoms with Crippen LogP contribution in [-0.2, 0) is 6.42 Å². The molecule has 0 radical (unpaired) electrons. The molecule has 0 amide bonds. The molecular weight excluding hydrogens is 252 g/mol. The largest absolute Gasteiger partial charge is 0.388 e. The lowest BCUT2D eigenvalue weighted by Crippen LogP contribution is -2.16. The Morgan fingerprint density at radius 3 is 3.00 bits per heavy atom.